The summed E-state index contributed by atoms with van der Waals surface area (Å²) in [6.45, 7) is 12.8. The van der Waals surface area contributed by atoms with Crippen molar-refractivity contribution in [1.29, 1.82) is 0 Å². The lowest BCUT2D eigenvalue weighted by Gasteiger charge is -2.62. The topological polar surface area (TPSA) is 35.5 Å². The molecule has 0 bridgehead atoms. The third kappa shape index (κ3) is 3.63. The molecule has 0 radical (unpaired) electrons. The third-order valence-corrected chi connectivity index (χ3v) is 8.08. The van der Waals surface area contributed by atoms with Crippen molar-refractivity contribution in [3.8, 4) is 0 Å². The average Bonchev–Trinajstić information content (AvgIpc) is 2.48. The molecule has 1 aliphatic heterocycles. The van der Waals surface area contributed by atoms with E-state index in [0.29, 0.717) is 29.3 Å². The Balaban J connectivity index is 1.79. The minimum absolute atomic E-state index is 0.0328. The van der Waals surface area contributed by atoms with E-state index >= 15 is 0 Å². The lowest BCUT2D eigenvalue weighted by molar-refractivity contribution is -0.201. The molecule has 0 spiro atoms. The Kier molecular flexibility index (Phi) is 5.27. The second-order valence-corrected chi connectivity index (χ2v) is 10.2. The molecule has 3 nitrogen and oxygen atoms in total. The van der Waals surface area contributed by atoms with Crippen LogP contribution in [0.25, 0.3) is 0 Å². The zero-order valence-electron chi connectivity index (χ0n) is 17.0. The molecule has 0 amide bonds. The van der Waals surface area contributed by atoms with Crippen molar-refractivity contribution in [1.82, 2.24) is 0 Å². The maximum Gasteiger partial charge on any atom is 0.302 e. The number of carbonyl (C=O) groups excluding carboxylic acids is 1. The molecule has 3 fully saturated rings. The molecule has 0 aromatic carbocycles. The molecular formula is C22H38O3. The maximum absolute atomic E-state index is 11.2. The van der Waals surface area contributed by atoms with E-state index in [4.69, 9.17) is 9.47 Å². The molecule has 2 saturated carbocycles. The summed E-state index contributed by atoms with van der Waals surface area (Å²) in [5.74, 6) is 1.72. The molecule has 3 aliphatic rings. The molecule has 1 heterocycles. The van der Waals surface area contributed by atoms with Crippen LogP contribution in [0.3, 0.4) is 0 Å². The van der Waals surface area contributed by atoms with E-state index in [-0.39, 0.29) is 11.6 Å². The van der Waals surface area contributed by atoms with Crippen LogP contribution in [0.5, 0.6) is 0 Å². The van der Waals surface area contributed by atoms with Crippen molar-refractivity contribution < 1.29 is 14.3 Å². The number of esters is 1. The van der Waals surface area contributed by atoms with E-state index in [1.165, 1.54) is 51.9 Å². The van der Waals surface area contributed by atoms with Crippen molar-refractivity contribution >= 4 is 5.97 Å². The average molecular weight is 351 g/mol. The number of hydrogen-bond donors (Lipinski definition) is 0. The molecule has 144 valence electrons. The van der Waals surface area contributed by atoms with Crippen molar-refractivity contribution in [2.45, 2.75) is 91.6 Å². The van der Waals surface area contributed by atoms with Gasteiger partial charge < -0.3 is 9.47 Å². The second kappa shape index (κ2) is 6.87. The van der Waals surface area contributed by atoms with Gasteiger partial charge in [0.2, 0.25) is 0 Å². The summed E-state index contributed by atoms with van der Waals surface area (Å²) in [4.78, 5) is 11.2. The van der Waals surface area contributed by atoms with E-state index in [9.17, 15) is 4.79 Å². The maximum atomic E-state index is 11.2. The highest BCUT2D eigenvalue weighted by Crippen LogP contribution is 2.64. The Morgan fingerprint density at radius 2 is 1.76 bits per heavy atom. The normalized spacial score (nSPS) is 44.0. The van der Waals surface area contributed by atoms with Crippen LogP contribution in [0, 0.1) is 28.6 Å². The summed E-state index contributed by atoms with van der Waals surface area (Å²) >= 11 is 0. The SMILES string of the molecule is CC(=O)OC[C@@H]1CCO[C@]2(C)CC[C@H]3C(C)(C)CCC[C@]3(C)[C@H]2CC1. The van der Waals surface area contributed by atoms with Gasteiger partial charge in [-0.15, -0.1) is 0 Å². The van der Waals surface area contributed by atoms with Gasteiger partial charge in [0.1, 0.15) is 0 Å². The van der Waals surface area contributed by atoms with Crippen molar-refractivity contribution in [2.75, 3.05) is 13.2 Å². The van der Waals surface area contributed by atoms with Crippen molar-refractivity contribution in [3.05, 3.63) is 0 Å². The number of hydrogen-bond acceptors (Lipinski definition) is 3. The first kappa shape index (κ1) is 19.2. The number of rotatable bonds is 2. The minimum Gasteiger partial charge on any atom is -0.466 e. The first-order valence-electron chi connectivity index (χ1n) is 10.4. The molecule has 25 heavy (non-hydrogen) atoms. The molecule has 2 aliphatic carbocycles. The smallest absolute Gasteiger partial charge is 0.302 e. The van der Waals surface area contributed by atoms with Gasteiger partial charge in [-0.3, -0.25) is 4.79 Å². The summed E-state index contributed by atoms with van der Waals surface area (Å²) in [5.41, 5.74) is 0.872. The summed E-state index contributed by atoms with van der Waals surface area (Å²) in [5, 5.41) is 0. The molecule has 0 unspecified atom stereocenters. The lowest BCUT2D eigenvalue weighted by atomic mass is 9.45. The van der Waals surface area contributed by atoms with E-state index in [1.54, 1.807) is 0 Å². The Morgan fingerprint density at radius 1 is 1.00 bits per heavy atom. The highest BCUT2D eigenvalue weighted by atomic mass is 16.5. The van der Waals surface area contributed by atoms with Gasteiger partial charge in [0.05, 0.1) is 12.2 Å². The predicted octanol–water partition coefficient (Wildman–Crippen LogP) is 5.37. The molecule has 0 aromatic heterocycles. The number of carbonyl (C=O) groups is 1. The van der Waals surface area contributed by atoms with E-state index in [0.717, 1.165) is 18.9 Å². The Morgan fingerprint density at radius 3 is 2.48 bits per heavy atom. The summed E-state index contributed by atoms with van der Waals surface area (Å²) in [6, 6.07) is 0. The molecule has 0 N–H and O–H groups in total. The Labute approximate surface area is 154 Å². The van der Waals surface area contributed by atoms with Gasteiger partial charge >= 0.3 is 5.97 Å². The molecule has 0 aromatic rings. The van der Waals surface area contributed by atoms with Crippen LogP contribution < -0.4 is 0 Å². The van der Waals surface area contributed by atoms with Gasteiger partial charge in [0.15, 0.2) is 0 Å². The molecular weight excluding hydrogens is 312 g/mol. The minimum atomic E-state index is -0.161. The van der Waals surface area contributed by atoms with Crippen LogP contribution in [0.4, 0.5) is 0 Å². The zero-order chi connectivity index (χ0) is 18.3. The van der Waals surface area contributed by atoms with Gasteiger partial charge in [0.25, 0.3) is 0 Å². The van der Waals surface area contributed by atoms with E-state index in [2.05, 4.69) is 27.7 Å². The zero-order valence-corrected chi connectivity index (χ0v) is 17.0. The molecule has 3 rings (SSSR count). The number of ether oxygens (including phenoxy) is 2. The standard InChI is InChI=1S/C22H38O3/c1-16(23)24-15-17-7-8-19-21(4)12-6-11-20(2,3)18(21)9-13-22(19,5)25-14-10-17/h17-19H,6-15H2,1-5H3/t17-,18-,19+,21-,22+/m0/s1. The van der Waals surface area contributed by atoms with Crippen LogP contribution in [0.2, 0.25) is 0 Å². The first-order chi connectivity index (χ1) is 11.7. The fourth-order valence-corrected chi connectivity index (χ4v) is 6.82. The quantitative estimate of drug-likeness (QED) is 0.628. The van der Waals surface area contributed by atoms with Crippen molar-refractivity contribution in [3.63, 3.8) is 0 Å². The van der Waals surface area contributed by atoms with Crippen molar-refractivity contribution in [2.24, 2.45) is 28.6 Å². The molecule has 3 heteroatoms. The fourth-order valence-electron chi connectivity index (χ4n) is 6.82. The van der Waals surface area contributed by atoms with Gasteiger partial charge in [-0.25, -0.2) is 0 Å². The monoisotopic (exact) mass is 350 g/mol. The van der Waals surface area contributed by atoms with Crippen LogP contribution >= 0.6 is 0 Å². The van der Waals surface area contributed by atoms with Crippen LogP contribution in [0.1, 0.15) is 86.0 Å². The lowest BCUT2D eigenvalue weighted by Crippen LogP contribution is -2.59. The highest BCUT2D eigenvalue weighted by Gasteiger charge is 2.58. The van der Waals surface area contributed by atoms with Gasteiger partial charge in [0, 0.05) is 13.5 Å². The summed E-state index contributed by atoms with van der Waals surface area (Å²) < 4.78 is 11.9. The van der Waals surface area contributed by atoms with E-state index in [1.807, 2.05) is 0 Å². The van der Waals surface area contributed by atoms with Crippen LogP contribution in [0.15, 0.2) is 0 Å². The Hall–Kier alpha value is -0.570. The summed E-state index contributed by atoms with van der Waals surface area (Å²) in [6.07, 6.45) is 9.98. The fraction of sp³-hybridized carbons (Fsp3) is 0.955. The van der Waals surface area contributed by atoms with Gasteiger partial charge in [-0.2, -0.15) is 0 Å². The van der Waals surface area contributed by atoms with Gasteiger partial charge in [-0.1, -0.05) is 27.2 Å². The predicted molar refractivity (Wildman–Crippen MR) is 100 cm³/mol. The molecule has 1 saturated heterocycles. The van der Waals surface area contributed by atoms with Crippen LogP contribution in [-0.4, -0.2) is 24.8 Å². The largest absolute Gasteiger partial charge is 0.466 e. The Bertz CT molecular complexity index is 500. The number of fused-ring (bicyclic) bond motifs is 3. The van der Waals surface area contributed by atoms with E-state index < -0.39 is 0 Å². The molecule has 5 atom stereocenters. The van der Waals surface area contributed by atoms with Gasteiger partial charge in [-0.05, 0) is 80.5 Å². The second-order valence-electron chi connectivity index (χ2n) is 10.2. The highest BCUT2D eigenvalue weighted by molar-refractivity contribution is 5.65. The van der Waals surface area contributed by atoms with Crippen LogP contribution in [-0.2, 0) is 14.3 Å². The summed E-state index contributed by atoms with van der Waals surface area (Å²) in [7, 11) is 0. The third-order valence-electron chi connectivity index (χ3n) is 8.08. The first-order valence-corrected chi connectivity index (χ1v) is 10.4.